The van der Waals surface area contributed by atoms with Gasteiger partial charge in [-0.25, -0.2) is 9.96 Å². The van der Waals surface area contributed by atoms with E-state index in [1.807, 2.05) is 91.0 Å². The highest BCUT2D eigenvalue weighted by molar-refractivity contribution is 9.10. The average Bonchev–Trinajstić information content (AvgIpc) is 3.40. The van der Waals surface area contributed by atoms with Crippen LogP contribution in [-0.2, 0) is 14.4 Å². The van der Waals surface area contributed by atoms with Crippen LogP contribution in [0.5, 0.6) is 5.75 Å². The van der Waals surface area contributed by atoms with E-state index >= 15 is 0 Å². The second kappa shape index (κ2) is 8.52. The fourth-order valence-corrected chi connectivity index (χ4v) is 5.49. The molecule has 4 aromatic rings. The van der Waals surface area contributed by atoms with Gasteiger partial charge in [0.1, 0.15) is 11.7 Å². The van der Waals surface area contributed by atoms with Gasteiger partial charge in [-0.3, -0.25) is 14.4 Å². The molecule has 0 aromatic heterocycles. The quantitative estimate of drug-likeness (QED) is 0.320. The van der Waals surface area contributed by atoms with Gasteiger partial charge in [-0.2, -0.15) is 0 Å². The number of para-hydroxylation sites is 1. The van der Waals surface area contributed by atoms with Crippen LogP contribution in [0.3, 0.4) is 0 Å². The molecule has 0 unspecified atom stereocenters. The fourth-order valence-electron chi connectivity index (χ4n) is 5.11. The Balaban J connectivity index is 1.50. The Bertz CT molecular complexity index is 1450. The van der Waals surface area contributed by atoms with Gasteiger partial charge in [0.2, 0.25) is 5.91 Å². The van der Waals surface area contributed by atoms with E-state index in [0.717, 1.165) is 26.5 Å². The van der Waals surface area contributed by atoms with Crippen LogP contribution < -0.4 is 14.7 Å². The first-order valence-electron chi connectivity index (χ1n) is 11.3. The van der Waals surface area contributed by atoms with Gasteiger partial charge < -0.3 is 4.74 Å². The first-order chi connectivity index (χ1) is 17.1. The zero-order valence-electron chi connectivity index (χ0n) is 18.8. The Hall–Kier alpha value is -3.68. The average molecular weight is 529 g/mol. The third-order valence-corrected chi connectivity index (χ3v) is 7.14. The lowest BCUT2D eigenvalue weighted by molar-refractivity contribution is -0.126. The van der Waals surface area contributed by atoms with Crippen LogP contribution in [0.4, 0.5) is 11.4 Å². The number of hydrogen-bond donors (Lipinski definition) is 0. The van der Waals surface area contributed by atoms with Crippen molar-refractivity contribution in [1.29, 1.82) is 0 Å². The third-order valence-electron chi connectivity index (χ3n) is 6.64. The lowest BCUT2D eigenvalue weighted by atomic mass is 9.90. The number of ether oxygens (including phenoxy) is 1. The molecule has 4 aromatic carbocycles. The number of carbonyl (C=O) groups is 2. The number of hydrogen-bond acceptors (Lipinski definition) is 5. The molecular formula is C28H21BrN2O4. The second-order valence-electron chi connectivity index (χ2n) is 8.55. The van der Waals surface area contributed by atoms with Crippen molar-refractivity contribution < 1.29 is 19.2 Å². The van der Waals surface area contributed by atoms with Crippen molar-refractivity contribution in [3.63, 3.8) is 0 Å². The fraction of sp³-hybridized carbons (Fsp3) is 0.143. The molecule has 0 aliphatic carbocycles. The normalized spacial score (nSPS) is 21.6. The summed E-state index contributed by atoms with van der Waals surface area (Å²) in [7, 11) is 1.59. The van der Waals surface area contributed by atoms with Gasteiger partial charge in [-0.1, -0.05) is 70.5 Å². The largest absolute Gasteiger partial charge is 0.496 e. The van der Waals surface area contributed by atoms with Crippen LogP contribution in [0.1, 0.15) is 11.6 Å². The van der Waals surface area contributed by atoms with Crippen molar-refractivity contribution >= 4 is 49.9 Å². The monoisotopic (exact) mass is 528 g/mol. The molecule has 2 amide bonds. The van der Waals surface area contributed by atoms with Crippen LogP contribution in [0.2, 0.25) is 0 Å². The number of rotatable bonds is 4. The standard InChI is InChI=1S/C28H21BrN2O4/c1-34-23-15-14-18(29)16-21(23)25-24-26(35-31(25)19-10-3-2-4-11-19)28(33)30(27(24)32)22-13-7-9-17-8-5-6-12-20(17)22/h2-16,24-26H,1H3/t24-,25+,26+/m0/s1. The summed E-state index contributed by atoms with van der Waals surface area (Å²) >= 11 is 3.55. The van der Waals surface area contributed by atoms with Gasteiger partial charge in [0, 0.05) is 15.4 Å². The minimum Gasteiger partial charge on any atom is -0.496 e. The summed E-state index contributed by atoms with van der Waals surface area (Å²) in [6.07, 6.45) is -0.949. The van der Waals surface area contributed by atoms with E-state index in [1.165, 1.54) is 4.90 Å². The molecule has 3 atom stereocenters. The highest BCUT2D eigenvalue weighted by Gasteiger charge is 2.61. The molecule has 2 aliphatic heterocycles. The predicted octanol–water partition coefficient (Wildman–Crippen LogP) is 5.66. The van der Waals surface area contributed by atoms with Crippen molar-refractivity contribution in [3.8, 4) is 5.75 Å². The number of carbonyl (C=O) groups excluding carboxylic acids is 2. The highest BCUT2D eigenvalue weighted by atomic mass is 79.9. The van der Waals surface area contributed by atoms with E-state index in [9.17, 15) is 9.59 Å². The molecule has 0 bridgehead atoms. The number of hydroxylamine groups is 1. The third kappa shape index (κ3) is 3.42. The van der Waals surface area contributed by atoms with Crippen LogP contribution in [-0.4, -0.2) is 25.0 Å². The molecule has 6 nitrogen and oxygen atoms in total. The minimum atomic E-state index is -0.949. The number of methoxy groups -OCH3 is 1. The van der Waals surface area contributed by atoms with Crippen molar-refractivity contribution in [3.05, 3.63) is 101 Å². The zero-order chi connectivity index (χ0) is 24.1. The van der Waals surface area contributed by atoms with Crippen LogP contribution in [0.15, 0.2) is 95.5 Å². The lowest BCUT2D eigenvalue weighted by Gasteiger charge is -2.30. The number of amides is 2. The van der Waals surface area contributed by atoms with Crippen molar-refractivity contribution in [2.45, 2.75) is 12.1 Å². The molecular weight excluding hydrogens is 508 g/mol. The predicted molar refractivity (Wildman–Crippen MR) is 137 cm³/mol. The van der Waals surface area contributed by atoms with Gasteiger partial charge in [0.05, 0.1) is 24.5 Å². The van der Waals surface area contributed by atoms with Gasteiger partial charge in [-0.15, -0.1) is 0 Å². The number of fused-ring (bicyclic) bond motifs is 2. The molecule has 0 spiro atoms. The van der Waals surface area contributed by atoms with E-state index in [1.54, 1.807) is 12.2 Å². The van der Waals surface area contributed by atoms with Crippen LogP contribution in [0.25, 0.3) is 10.8 Å². The van der Waals surface area contributed by atoms with Crippen LogP contribution >= 0.6 is 15.9 Å². The van der Waals surface area contributed by atoms with Crippen molar-refractivity contribution in [1.82, 2.24) is 0 Å². The Morgan fingerprint density at radius 1 is 0.857 bits per heavy atom. The maximum atomic E-state index is 14.0. The van der Waals surface area contributed by atoms with Gasteiger partial charge >= 0.3 is 0 Å². The molecule has 2 saturated heterocycles. The number of benzene rings is 4. The summed E-state index contributed by atoms with van der Waals surface area (Å²) in [6, 6.07) is 27.9. The molecule has 0 radical (unpaired) electrons. The lowest BCUT2D eigenvalue weighted by Crippen LogP contribution is -2.37. The molecule has 0 saturated carbocycles. The number of anilines is 2. The smallest absolute Gasteiger partial charge is 0.266 e. The summed E-state index contributed by atoms with van der Waals surface area (Å²) in [4.78, 5) is 35.3. The minimum absolute atomic E-state index is 0.290. The van der Waals surface area contributed by atoms with Crippen molar-refractivity contribution in [2.75, 3.05) is 17.1 Å². The van der Waals surface area contributed by atoms with Gasteiger partial charge in [-0.05, 0) is 41.8 Å². The van der Waals surface area contributed by atoms with E-state index in [2.05, 4.69) is 15.9 Å². The number of imide groups is 1. The molecule has 2 heterocycles. The van der Waals surface area contributed by atoms with E-state index in [0.29, 0.717) is 11.4 Å². The Morgan fingerprint density at radius 3 is 2.40 bits per heavy atom. The maximum Gasteiger partial charge on any atom is 0.266 e. The molecule has 6 rings (SSSR count). The summed E-state index contributed by atoms with van der Waals surface area (Å²) in [5.74, 6) is -0.785. The first-order valence-corrected chi connectivity index (χ1v) is 12.1. The number of halogens is 1. The summed E-state index contributed by atoms with van der Waals surface area (Å²) in [5, 5.41) is 3.48. The summed E-state index contributed by atoms with van der Waals surface area (Å²) < 4.78 is 6.50. The Morgan fingerprint density at radius 2 is 1.60 bits per heavy atom. The van der Waals surface area contributed by atoms with E-state index in [-0.39, 0.29) is 11.8 Å². The summed E-state index contributed by atoms with van der Waals surface area (Å²) in [6.45, 7) is 0. The van der Waals surface area contributed by atoms with E-state index in [4.69, 9.17) is 9.57 Å². The topological polar surface area (TPSA) is 59.1 Å². The maximum absolute atomic E-state index is 14.0. The van der Waals surface area contributed by atoms with Gasteiger partial charge in [0.25, 0.3) is 5.91 Å². The molecule has 2 aliphatic rings. The molecule has 0 N–H and O–H groups in total. The first kappa shape index (κ1) is 21.8. The second-order valence-corrected chi connectivity index (χ2v) is 9.47. The van der Waals surface area contributed by atoms with Crippen LogP contribution in [0, 0.1) is 5.92 Å². The van der Waals surface area contributed by atoms with Gasteiger partial charge in [0.15, 0.2) is 6.10 Å². The molecule has 2 fully saturated rings. The molecule has 7 heteroatoms. The SMILES string of the molecule is COc1ccc(Br)cc1[C@@H]1[C@@H]2C(=O)N(c3cccc4ccccc34)C(=O)[C@@H]2ON1c1ccccc1. The zero-order valence-corrected chi connectivity index (χ0v) is 20.4. The highest BCUT2D eigenvalue weighted by Crippen LogP contribution is 2.50. The Labute approximate surface area is 210 Å². The van der Waals surface area contributed by atoms with E-state index < -0.39 is 18.1 Å². The number of nitrogens with zero attached hydrogens (tertiary/aromatic N) is 2. The van der Waals surface area contributed by atoms with Crippen molar-refractivity contribution in [2.24, 2.45) is 5.92 Å². The Kier molecular flexibility index (Phi) is 5.31. The molecule has 35 heavy (non-hydrogen) atoms. The molecule has 174 valence electrons. The summed E-state index contributed by atoms with van der Waals surface area (Å²) in [5.41, 5.74) is 2.09.